The second-order valence-electron chi connectivity index (χ2n) is 5.97. The number of likely N-dealkylation sites (N-methyl/N-ethyl adjacent to an activating group) is 1. The maximum Gasteiger partial charge on any atom is 0.259 e. The van der Waals surface area contributed by atoms with Crippen molar-refractivity contribution in [1.29, 1.82) is 0 Å². The van der Waals surface area contributed by atoms with Crippen LogP contribution >= 0.6 is 0 Å². The summed E-state index contributed by atoms with van der Waals surface area (Å²) in [5.41, 5.74) is 0.960. The SMILES string of the molecule is CN(C)C(=O)COc1cccc(CNC(=O)C2CCNCC2)c1. The van der Waals surface area contributed by atoms with Gasteiger partial charge in [-0.25, -0.2) is 0 Å². The van der Waals surface area contributed by atoms with Crippen LogP contribution in [0.4, 0.5) is 0 Å². The monoisotopic (exact) mass is 319 g/mol. The summed E-state index contributed by atoms with van der Waals surface area (Å²) in [6.07, 6.45) is 1.78. The van der Waals surface area contributed by atoms with E-state index in [-0.39, 0.29) is 24.3 Å². The van der Waals surface area contributed by atoms with Gasteiger partial charge in [0, 0.05) is 26.6 Å². The molecule has 23 heavy (non-hydrogen) atoms. The van der Waals surface area contributed by atoms with Crippen LogP contribution in [-0.2, 0) is 16.1 Å². The maximum absolute atomic E-state index is 12.1. The Hall–Kier alpha value is -2.08. The molecule has 1 aromatic rings. The summed E-state index contributed by atoms with van der Waals surface area (Å²) in [5, 5.41) is 6.24. The minimum Gasteiger partial charge on any atom is -0.484 e. The predicted molar refractivity (Wildman–Crippen MR) is 88.1 cm³/mol. The number of nitrogens with one attached hydrogen (secondary N) is 2. The van der Waals surface area contributed by atoms with Gasteiger partial charge in [0.2, 0.25) is 5.91 Å². The van der Waals surface area contributed by atoms with Crippen molar-refractivity contribution in [3.8, 4) is 5.75 Å². The molecule has 6 nitrogen and oxygen atoms in total. The molecular weight excluding hydrogens is 294 g/mol. The molecule has 0 spiro atoms. The van der Waals surface area contributed by atoms with Crippen molar-refractivity contribution < 1.29 is 14.3 Å². The fourth-order valence-corrected chi connectivity index (χ4v) is 2.44. The molecule has 1 fully saturated rings. The van der Waals surface area contributed by atoms with E-state index in [2.05, 4.69) is 10.6 Å². The highest BCUT2D eigenvalue weighted by Crippen LogP contribution is 2.15. The second kappa shape index (κ2) is 8.53. The molecule has 0 atom stereocenters. The van der Waals surface area contributed by atoms with E-state index < -0.39 is 0 Å². The summed E-state index contributed by atoms with van der Waals surface area (Å²) in [4.78, 5) is 25.1. The summed E-state index contributed by atoms with van der Waals surface area (Å²) >= 11 is 0. The lowest BCUT2D eigenvalue weighted by Crippen LogP contribution is -2.37. The summed E-state index contributed by atoms with van der Waals surface area (Å²) in [6.45, 7) is 2.29. The van der Waals surface area contributed by atoms with E-state index in [4.69, 9.17) is 4.74 Å². The van der Waals surface area contributed by atoms with E-state index in [0.717, 1.165) is 31.5 Å². The molecule has 0 aromatic heterocycles. The van der Waals surface area contributed by atoms with Crippen molar-refractivity contribution in [2.24, 2.45) is 5.92 Å². The van der Waals surface area contributed by atoms with Crippen LogP contribution in [0.2, 0.25) is 0 Å². The van der Waals surface area contributed by atoms with Crippen LogP contribution in [0.1, 0.15) is 18.4 Å². The third-order valence-corrected chi connectivity index (χ3v) is 3.94. The Kier molecular flexibility index (Phi) is 6.40. The van der Waals surface area contributed by atoms with Crippen LogP contribution in [0.25, 0.3) is 0 Å². The number of carbonyl (C=O) groups excluding carboxylic acids is 2. The number of ether oxygens (including phenoxy) is 1. The van der Waals surface area contributed by atoms with Crippen LogP contribution in [-0.4, -0.2) is 50.5 Å². The molecule has 126 valence electrons. The van der Waals surface area contributed by atoms with E-state index in [1.165, 1.54) is 4.90 Å². The van der Waals surface area contributed by atoms with E-state index in [1.807, 2.05) is 18.2 Å². The fraction of sp³-hybridized carbons (Fsp3) is 0.529. The summed E-state index contributed by atoms with van der Waals surface area (Å²) in [5.74, 6) is 0.762. The lowest BCUT2D eigenvalue weighted by Gasteiger charge is -2.21. The Morgan fingerprint density at radius 1 is 1.30 bits per heavy atom. The molecule has 1 aliphatic heterocycles. The standard InChI is InChI=1S/C17H25N3O3/c1-20(2)16(21)12-23-15-5-3-4-13(10-15)11-19-17(22)14-6-8-18-9-7-14/h3-5,10,14,18H,6-9,11-12H2,1-2H3,(H,19,22). The summed E-state index contributed by atoms with van der Waals surface area (Å²) in [7, 11) is 3.39. The predicted octanol–water partition coefficient (Wildman–Crippen LogP) is 0.769. The van der Waals surface area contributed by atoms with Gasteiger partial charge in [0.15, 0.2) is 6.61 Å². The highest BCUT2D eigenvalue weighted by atomic mass is 16.5. The number of carbonyl (C=O) groups is 2. The van der Waals surface area contributed by atoms with Gasteiger partial charge in [-0.15, -0.1) is 0 Å². The first-order valence-electron chi connectivity index (χ1n) is 7.96. The van der Waals surface area contributed by atoms with Crippen molar-refractivity contribution in [3.63, 3.8) is 0 Å². The van der Waals surface area contributed by atoms with Crippen molar-refractivity contribution in [3.05, 3.63) is 29.8 Å². The molecule has 1 aliphatic rings. The summed E-state index contributed by atoms with van der Waals surface area (Å²) < 4.78 is 5.48. The second-order valence-corrected chi connectivity index (χ2v) is 5.97. The average Bonchev–Trinajstić information content (AvgIpc) is 2.58. The third-order valence-electron chi connectivity index (χ3n) is 3.94. The van der Waals surface area contributed by atoms with E-state index in [1.54, 1.807) is 20.2 Å². The highest BCUT2D eigenvalue weighted by molar-refractivity contribution is 5.78. The number of hydrogen-bond acceptors (Lipinski definition) is 4. The Morgan fingerprint density at radius 2 is 2.04 bits per heavy atom. The molecule has 0 bridgehead atoms. The van der Waals surface area contributed by atoms with Gasteiger partial charge in [-0.3, -0.25) is 9.59 Å². The molecular formula is C17H25N3O3. The normalized spacial score (nSPS) is 15.0. The molecule has 6 heteroatoms. The van der Waals surface area contributed by atoms with Gasteiger partial charge in [-0.1, -0.05) is 12.1 Å². The smallest absolute Gasteiger partial charge is 0.259 e. The fourth-order valence-electron chi connectivity index (χ4n) is 2.44. The molecule has 2 rings (SSSR count). The van der Waals surface area contributed by atoms with E-state index >= 15 is 0 Å². The number of nitrogens with zero attached hydrogens (tertiary/aromatic N) is 1. The highest BCUT2D eigenvalue weighted by Gasteiger charge is 2.20. The van der Waals surface area contributed by atoms with Crippen LogP contribution in [0, 0.1) is 5.92 Å². The Morgan fingerprint density at radius 3 is 2.74 bits per heavy atom. The first-order chi connectivity index (χ1) is 11.1. The van der Waals surface area contributed by atoms with E-state index in [9.17, 15) is 9.59 Å². The van der Waals surface area contributed by atoms with Crippen LogP contribution in [0.3, 0.4) is 0 Å². The molecule has 1 heterocycles. The number of piperidine rings is 1. The number of benzene rings is 1. The summed E-state index contributed by atoms with van der Waals surface area (Å²) in [6, 6.07) is 7.46. The van der Waals surface area contributed by atoms with Crippen molar-refractivity contribution >= 4 is 11.8 Å². The topological polar surface area (TPSA) is 70.7 Å². The molecule has 0 saturated carbocycles. The molecule has 0 unspecified atom stereocenters. The molecule has 2 N–H and O–H groups in total. The van der Waals surface area contributed by atoms with Crippen LogP contribution in [0.5, 0.6) is 5.75 Å². The minimum atomic E-state index is -0.0883. The zero-order valence-electron chi connectivity index (χ0n) is 13.8. The van der Waals surface area contributed by atoms with Crippen molar-refractivity contribution in [2.75, 3.05) is 33.8 Å². The minimum absolute atomic E-state index is 0.0118. The van der Waals surface area contributed by atoms with Crippen LogP contribution < -0.4 is 15.4 Å². The van der Waals surface area contributed by atoms with Gasteiger partial charge >= 0.3 is 0 Å². The van der Waals surface area contributed by atoms with E-state index in [0.29, 0.717) is 12.3 Å². The van der Waals surface area contributed by atoms with Crippen molar-refractivity contribution in [1.82, 2.24) is 15.5 Å². The zero-order valence-corrected chi connectivity index (χ0v) is 13.8. The molecule has 2 amide bonds. The zero-order chi connectivity index (χ0) is 16.7. The lowest BCUT2D eigenvalue weighted by atomic mass is 9.97. The number of amides is 2. The third kappa shape index (κ3) is 5.56. The van der Waals surface area contributed by atoms with Crippen molar-refractivity contribution in [2.45, 2.75) is 19.4 Å². The number of hydrogen-bond donors (Lipinski definition) is 2. The molecule has 1 saturated heterocycles. The van der Waals surface area contributed by atoms with Gasteiger partial charge in [0.05, 0.1) is 0 Å². The maximum atomic E-state index is 12.1. The average molecular weight is 319 g/mol. The molecule has 1 aromatic carbocycles. The Bertz CT molecular complexity index is 540. The van der Waals surface area contributed by atoms with Gasteiger partial charge < -0.3 is 20.3 Å². The first-order valence-corrected chi connectivity index (χ1v) is 7.96. The van der Waals surface area contributed by atoms with Gasteiger partial charge in [0.1, 0.15) is 5.75 Å². The van der Waals surface area contributed by atoms with Gasteiger partial charge in [-0.2, -0.15) is 0 Å². The number of rotatable bonds is 6. The van der Waals surface area contributed by atoms with Gasteiger partial charge in [-0.05, 0) is 43.6 Å². The Labute approximate surface area is 137 Å². The van der Waals surface area contributed by atoms with Gasteiger partial charge in [0.25, 0.3) is 5.91 Å². The quantitative estimate of drug-likeness (QED) is 0.812. The largest absolute Gasteiger partial charge is 0.484 e. The Balaban J connectivity index is 1.82. The van der Waals surface area contributed by atoms with Crippen LogP contribution in [0.15, 0.2) is 24.3 Å². The first kappa shape index (κ1) is 17.3. The lowest BCUT2D eigenvalue weighted by molar-refractivity contribution is -0.130. The molecule has 0 aliphatic carbocycles. The molecule has 0 radical (unpaired) electrons.